The minimum absolute atomic E-state index is 0.00579. The second kappa shape index (κ2) is 6.38. The Morgan fingerprint density at radius 3 is 2.56 bits per heavy atom. The number of carbonyl (C=O) groups is 1. The van der Waals surface area contributed by atoms with Crippen molar-refractivity contribution < 1.29 is 22.7 Å². The number of hydrogen-bond donors (Lipinski definition) is 1. The largest absolute Gasteiger partial charge is 0.465 e. The van der Waals surface area contributed by atoms with E-state index in [2.05, 4.69) is 14.7 Å². The molecule has 0 bridgehead atoms. The summed E-state index contributed by atoms with van der Waals surface area (Å²) in [5.41, 5.74) is 3.13. The molecule has 3 rings (SSSR count). The Kier molecular flexibility index (Phi) is 4.34. The van der Waals surface area contributed by atoms with Crippen LogP contribution in [0, 0.1) is 6.92 Å². The van der Waals surface area contributed by atoms with Crippen LogP contribution in [0.2, 0.25) is 0 Å². The van der Waals surface area contributed by atoms with Crippen molar-refractivity contribution in [1.82, 2.24) is 14.5 Å². The van der Waals surface area contributed by atoms with Crippen LogP contribution in [0.25, 0.3) is 16.7 Å². The van der Waals surface area contributed by atoms with Crippen LogP contribution in [0.1, 0.15) is 21.7 Å². The van der Waals surface area contributed by atoms with Gasteiger partial charge in [-0.2, -0.15) is 13.2 Å². The van der Waals surface area contributed by atoms with Gasteiger partial charge in [-0.3, -0.25) is 14.3 Å². The summed E-state index contributed by atoms with van der Waals surface area (Å²) in [5, 5.41) is 0.00579. The molecule has 0 spiro atoms. The molecular weight excluding hydrogens is 365 g/mol. The number of methoxy groups -OCH3 is 1. The van der Waals surface area contributed by atoms with Crippen molar-refractivity contribution in [2.24, 2.45) is 0 Å². The summed E-state index contributed by atoms with van der Waals surface area (Å²) in [6.07, 6.45) is -3.27. The summed E-state index contributed by atoms with van der Waals surface area (Å²) >= 11 is 0. The van der Waals surface area contributed by atoms with Crippen molar-refractivity contribution in [1.29, 1.82) is 0 Å². The molecule has 3 aromatic heterocycles. The van der Waals surface area contributed by atoms with Gasteiger partial charge in [0.05, 0.1) is 24.2 Å². The SMILES string of the molecule is COC(=O)c1c(N)c2ccc(C(F)(F)F)nc2n(-c2cccnc2C)c1=O. The zero-order chi connectivity index (χ0) is 19.9. The van der Waals surface area contributed by atoms with Crippen LogP contribution >= 0.6 is 0 Å². The molecule has 27 heavy (non-hydrogen) atoms. The highest BCUT2D eigenvalue weighted by molar-refractivity contribution is 6.03. The topological polar surface area (TPSA) is 100 Å². The number of esters is 1. The maximum absolute atomic E-state index is 13.1. The van der Waals surface area contributed by atoms with Crippen LogP contribution in [0.5, 0.6) is 0 Å². The smallest absolute Gasteiger partial charge is 0.433 e. The Hall–Kier alpha value is -3.43. The van der Waals surface area contributed by atoms with E-state index in [9.17, 15) is 22.8 Å². The molecule has 0 amide bonds. The van der Waals surface area contributed by atoms with Gasteiger partial charge in [0.25, 0.3) is 5.56 Å². The summed E-state index contributed by atoms with van der Waals surface area (Å²) in [4.78, 5) is 32.6. The average molecular weight is 378 g/mol. The number of aryl methyl sites for hydroxylation is 1. The van der Waals surface area contributed by atoms with Gasteiger partial charge in [0.2, 0.25) is 0 Å². The minimum atomic E-state index is -4.73. The Labute approximate surface area is 150 Å². The molecule has 2 N–H and O–H groups in total. The number of nitrogens with two attached hydrogens (primary N) is 1. The highest BCUT2D eigenvalue weighted by Crippen LogP contribution is 2.31. The van der Waals surface area contributed by atoms with Crippen molar-refractivity contribution >= 4 is 22.7 Å². The molecule has 0 fully saturated rings. The standard InChI is InChI=1S/C17H13F3N4O3/c1-8-10(4-3-7-22-8)24-14-9(5-6-11(23-14)17(18,19)20)13(21)12(15(24)25)16(26)27-2/h3-7H,21H2,1-2H3. The van der Waals surface area contributed by atoms with Gasteiger partial charge in [-0.25, -0.2) is 9.78 Å². The summed E-state index contributed by atoms with van der Waals surface area (Å²) in [7, 11) is 1.07. The van der Waals surface area contributed by atoms with E-state index in [1.165, 1.54) is 18.3 Å². The molecule has 10 heteroatoms. The van der Waals surface area contributed by atoms with E-state index in [0.29, 0.717) is 5.69 Å². The van der Waals surface area contributed by atoms with Gasteiger partial charge >= 0.3 is 12.1 Å². The lowest BCUT2D eigenvalue weighted by Gasteiger charge is -2.16. The maximum atomic E-state index is 13.1. The van der Waals surface area contributed by atoms with Crippen LogP contribution in [0.4, 0.5) is 18.9 Å². The number of nitrogens with zero attached hydrogens (tertiary/aromatic N) is 3. The first-order valence-electron chi connectivity index (χ1n) is 7.59. The molecule has 0 aromatic carbocycles. The number of ether oxygens (including phenoxy) is 1. The zero-order valence-electron chi connectivity index (χ0n) is 14.2. The van der Waals surface area contributed by atoms with Crippen molar-refractivity contribution in [3.63, 3.8) is 0 Å². The van der Waals surface area contributed by atoms with Crippen molar-refractivity contribution in [3.8, 4) is 5.69 Å². The molecule has 0 radical (unpaired) electrons. The van der Waals surface area contributed by atoms with E-state index in [0.717, 1.165) is 23.8 Å². The lowest BCUT2D eigenvalue weighted by atomic mass is 10.1. The number of fused-ring (bicyclic) bond motifs is 1. The normalized spacial score (nSPS) is 11.6. The van der Waals surface area contributed by atoms with Gasteiger partial charge in [0.15, 0.2) is 0 Å². The highest BCUT2D eigenvalue weighted by atomic mass is 19.4. The number of halogens is 3. The summed E-state index contributed by atoms with van der Waals surface area (Å²) in [6, 6.07) is 4.77. The second-order valence-electron chi connectivity index (χ2n) is 5.59. The lowest BCUT2D eigenvalue weighted by Crippen LogP contribution is -2.29. The predicted octanol–water partition coefficient (Wildman–Crippen LogP) is 2.48. The van der Waals surface area contributed by atoms with Gasteiger partial charge in [-0.05, 0) is 31.2 Å². The number of alkyl halides is 3. The molecule has 0 unspecified atom stereocenters. The molecule has 0 atom stereocenters. The maximum Gasteiger partial charge on any atom is 0.433 e. The molecule has 0 saturated heterocycles. The summed E-state index contributed by atoms with van der Waals surface area (Å²) in [6.45, 7) is 1.56. The predicted molar refractivity (Wildman–Crippen MR) is 90.6 cm³/mol. The number of hydrogen-bond acceptors (Lipinski definition) is 6. The molecule has 3 heterocycles. The lowest BCUT2D eigenvalue weighted by molar-refractivity contribution is -0.141. The molecular formula is C17H13F3N4O3. The first-order valence-corrected chi connectivity index (χ1v) is 7.59. The monoisotopic (exact) mass is 378 g/mol. The van der Waals surface area contributed by atoms with E-state index in [1.54, 1.807) is 6.92 Å². The summed E-state index contributed by atoms with van der Waals surface area (Å²) < 4.78 is 44.9. The fourth-order valence-corrected chi connectivity index (χ4v) is 2.68. The van der Waals surface area contributed by atoms with Crippen molar-refractivity contribution in [2.45, 2.75) is 13.1 Å². The number of nitrogen functional groups attached to an aromatic ring is 1. The quantitative estimate of drug-likeness (QED) is 0.688. The van der Waals surface area contributed by atoms with Gasteiger partial charge < -0.3 is 10.5 Å². The molecule has 0 aliphatic rings. The second-order valence-corrected chi connectivity index (χ2v) is 5.59. The molecule has 140 valence electrons. The third kappa shape index (κ3) is 2.98. The van der Waals surface area contributed by atoms with E-state index >= 15 is 0 Å². The number of carbonyl (C=O) groups excluding carboxylic acids is 1. The van der Waals surface area contributed by atoms with Crippen LogP contribution in [-0.4, -0.2) is 27.6 Å². The minimum Gasteiger partial charge on any atom is -0.465 e. The Morgan fingerprint density at radius 2 is 1.96 bits per heavy atom. The Morgan fingerprint density at radius 1 is 1.26 bits per heavy atom. The van der Waals surface area contributed by atoms with Crippen LogP contribution in [0.3, 0.4) is 0 Å². The van der Waals surface area contributed by atoms with Gasteiger partial charge in [-0.1, -0.05) is 0 Å². The molecule has 0 saturated carbocycles. The molecule has 7 nitrogen and oxygen atoms in total. The van der Waals surface area contributed by atoms with Crippen LogP contribution in [-0.2, 0) is 10.9 Å². The van der Waals surface area contributed by atoms with E-state index < -0.39 is 29.0 Å². The number of rotatable bonds is 2. The van der Waals surface area contributed by atoms with Crippen LogP contribution in [0.15, 0.2) is 35.3 Å². The van der Waals surface area contributed by atoms with Gasteiger partial charge in [0, 0.05) is 11.6 Å². The Balaban J connectivity index is 2.55. The third-order valence-electron chi connectivity index (χ3n) is 3.96. The molecule has 3 aromatic rings. The third-order valence-corrected chi connectivity index (χ3v) is 3.96. The zero-order valence-corrected chi connectivity index (χ0v) is 14.2. The number of anilines is 1. The Bertz CT molecular complexity index is 1120. The average Bonchev–Trinajstić information content (AvgIpc) is 2.62. The van der Waals surface area contributed by atoms with Crippen molar-refractivity contribution in [3.05, 3.63) is 57.8 Å². The first kappa shape index (κ1) is 18.4. The van der Waals surface area contributed by atoms with Gasteiger partial charge in [-0.15, -0.1) is 0 Å². The fourth-order valence-electron chi connectivity index (χ4n) is 2.68. The molecule has 0 aliphatic carbocycles. The van der Waals surface area contributed by atoms with Crippen molar-refractivity contribution in [2.75, 3.05) is 12.8 Å². The number of pyridine rings is 3. The fraction of sp³-hybridized carbons (Fsp3) is 0.176. The summed E-state index contributed by atoms with van der Waals surface area (Å²) in [5.74, 6) is -1.01. The highest BCUT2D eigenvalue weighted by Gasteiger charge is 2.34. The first-order chi connectivity index (χ1) is 12.7. The van der Waals surface area contributed by atoms with Crippen LogP contribution < -0.4 is 11.3 Å². The van der Waals surface area contributed by atoms with E-state index in [-0.39, 0.29) is 22.4 Å². The number of aromatic nitrogens is 3. The van der Waals surface area contributed by atoms with E-state index in [4.69, 9.17) is 5.73 Å². The molecule has 0 aliphatic heterocycles. The van der Waals surface area contributed by atoms with Gasteiger partial charge in [0.1, 0.15) is 16.9 Å². The van der Waals surface area contributed by atoms with E-state index in [1.807, 2.05) is 0 Å².